The molecule has 0 radical (unpaired) electrons. The number of benzene rings is 1. The molecule has 2 saturated heterocycles. The van der Waals surface area contributed by atoms with E-state index < -0.39 is 114 Å². The van der Waals surface area contributed by atoms with E-state index in [9.17, 15) is 44.4 Å². The van der Waals surface area contributed by atoms with Gasteiger partial charge in [-0.25, -0.2) is 21.8 Å². The van der Waals surface area contributed by atoms with Crippen LogP contribution >= 0.6 is 0 Å². The van der Waals surface area contributed by atoms with E-state index in [1.54, 1.807) is 32.2 Å². The van der Waals surface area contributed by atoms with Gasteiger partial charge in [-0.2, -0.15) is 17.5 Å². The van der Waals surface area contributed by atoms with Gasteiger partial charge in [0.05, 0.1) is 53.4 Å². The van der Waals surface area contributed by atoms with Gasteiger partial charge in [-0.1, -0.05) is 39.8 Å². The summed E-state index contributed by atoms with van der Waals surface area (Å²) in [6.45, 7) is 8.42. The van der Waals surface area contributed by atoms with Crippen LogP contribution in [0.25, 0.3) is 10.8 Å². The molecule has 5 aliphatic rings. The topological polar surface area (TPSA) is 190 Å². The summed E-state index contributed by atoms with van der Waals surface area (Å²) in [7, 11) is -5.93. The van der Waals surface area contributed by atoms with E-state index in [-0.39, 0.29) is 44.3 Å². The minimum absolute atomic E-state index is 0.0232. The highest BCUT2D eigenvalue weighted by Crippen LogP contribution is 2.58. The first-order valence-electron chi connectivity index (χ1n) is 23.2. The maximum atomic E-state index is 15.1. The van der Waals surface area contributed by atoms with E-state index in [1.807, 2.05) is 30.0 Å². The van der Waals surface area contributed by atoms with E-state index in [1.165, 1.54) is 22.6 Å². The zero-order chi connectivity index (χ0) is 49.1. The normalized spacial score (nSPS) is 29.3. The molecule has 2 aromatic rings. The molecule has 2 saturated carbocycles. The third-order valence-corrected chi connectivity index (χ3v) is 18.5. The molecule has 15 nitrogen and oxygen atoms in total. The van der Waals surface area contributed by atoms with Crippen molar-refractivity contribution in [1.29, 1.82) is 0 Å². The first-order valence-corrected chi connectivity index (χ1v) is 26.5. The maximum absolute atomic E-state index is 15.1. The summed E-state index contributed by atoms with van der Waals surface area (Å²) < 4.78 is 108. The number of alkyl halides is 3. The number of hydrogen-bond donors (Lipinski definition) is 1. The Kier molecular flexibility index (Phi) is 14.0. The number of amides is 2. The van der Waals surface area contributed by atoms with Gasteiger partial charge in [0, 0.05) is 68.6 Å². The number of carbonyl (C=O) groups excluding carboxylic acids is 4. The molecule has 3 aliphatic heterocycles. The Morgan fingerprint density at radius 2 is 1.69 bits per heavy atom. The van der Waals surface area contributed by atoms with Crippen LogP contribution in [0, 0.1) is 34.5 Å². The molecule has 67 heavy (non-hydrogen) atoms. The molecule has 7 rings (SSSR count). The Morgan fingerprint density at radius 1 is 1.00 bits per heavy atom. The summed E-state index contributed by atoms with van der Waals surface area (Å²) in [6.07, 6.45) is 1.99. The summed E-state index contributed by atoms with van der Waals surface area (Å²) in [6, 6.07) is 4.11. The number of piperazine rings is 1. The molecule has 20 heteroatoms. The Labute approximate surface area is 391 Å². The van der Waals surface area contributed by atoms with Crippen LogP contribution in [0.5, 0.6) is 11.6 Å². The third kappa shape index (κ3) is 10.6. The lowest BCUT2D eigenvalue weighted by Crippen LogP contribution is -2.48. The number of aromatic nitrogens is 1. The van der Waals surface area contributed by atoms with Gasteiger partial charge in [0.2, 0.25) is 37.7 Å². The number of fused-ring (bicyclic) bond motifs is 3. The van der Waals surface area contributed by atoms with Crippen molar-refractivity contribution in [1.82, 2.24) is 18.9 Å². The Hall–Kier alpha value is -4.30. The van der Waals surface area contributed by atoms with Crippen LogP contribution in [-0.2, 0) is 39.2 Å². The van der Waals surface area contributed by atoms with Crippen LogP contribution in [0.15, 0.2) is 36.5 Å². The molecule has 4 heterocycles. The van der Waals surface area contributed by atoms with Gasteiger partial charge in [0.25, 0.3) is 0 Å². The Balaban J connectivity index is 1.23. The third-order valence-electron chi connectivity index (χ3n) is 15.0. The largest absolute Gasteiger partial charge is 0.497 e. The number of Topliss-reactive ketones (excluding diaryl/α,β-unsaturated/α-hetero) is 2. The number of carbonyl (C=O) groups is 4. The zero-order valence-corrected chi connectivity index (χ0v) is 41.0. The second-order valence-corrected chi connectivity index (χ2v) is 24.9. The molecule has 0 bridgehead atoms. The highest BCUT2D eigenvalue weighted by atomic mass is 32.2. The van der Waals surface area contributed by atoms with Gasteiger partial charge in [-0.15, -0.1) is 0 Å². The van der Waals surface area contributed by atoms with Crippen LogP contribution in [0.1, 0.15) is 98.8 Å². The number of anilines is 1. The minimum Gasteiger partial charge on any atom is -0.497 e. The van der Waals surface area contributed by atoms with E-state index >= 15 is 4.79 Å². The number of allylic oxidation sites excluding steroid dienone is 2. The van der Waals surface area contributed by atoms with Gasteiger partial charge in [-0.05, 0) is 81.4 Å². The fourth-order valence-corrected chi connectivity index (χ4v) is 12.2. The van der Waals surface area contributed by atoms with Gasteiger partial charge < -0.3 is 19.3 Å². The van der Waals surface area contributed by atoms with Crippen LogP contribution in [0.2, 0.25) is 0 Å². The number of methoxy groups -OCH3 is 1. The summed E-state index contributed by atoms with van der Waals surface area (Å²) >= 11 is 0. The Bertz CT molecular complexity index is 2520. The van der Waals surface area contributed by atoms with Crippen molar-refractivity contribution in [2.45, 2.75) is 122 Å². The molecule has 7 atom stereocenters. The predicted molar refractivity (Wildman–Crippen MR) is 245 cm³/mol. The fraction of sp³-hybridized carbons (Fsp3) is 0.681. The average Bonchev–Trinajstić information content (AvgIpc) is 4.13. The summed E-state index contributed by atoms with van der Waals surface area (Å²) in [4.78, 5) is 65.8. The molecule has 2 amide bonds. The van der Waals surface area contributed by atoms with Crippen molar-refractivity contribution in [2.75, 3.05) is 51.0 Å². The lowest BCUT2D eigenvalue weighted by molar-refractivity contribution is -0.213. The van der Waals surface area contributed by atoms with Crippen molar-refractivity contribution >= 4 is 59.9 Å². The van der Waals surface area contributed by atoms with Crippen molar-refractivity contribution in [2.24, 2.45) is 34.5 Å². The SMILES string of the molecule is COc1ccc2c(O[C@@H]3C[C@H]4C(=O)C[C@]5(C(=O)NS(=O)(=O)C6(C)CC6)C[C@H]5/C=C\CC[C@@H](C)C[C@@H](C)[C@H](CC(=O)CC(C)(C)C(F)(F)F)C(=O)N4C3)ncc(N3CCN(S(C)(=O)=O)CC3)c2c1. The molecule has 1 aromatic carbocycles. The van der Waals surface area contributed by atoms with Crippen LogP contribution < -0.4 is 19.1 Å². The van der Waals surface area contributed by atoms with Gasteiger partial charge in [0.15, 0.2) is 5.78 Å². The minimum atomic E-state index is -4.67. The molecule has 0 unspecified atom stereocenters. The maximum Gasteiger partial charge on any atom is 0.394 e. The van der Waals surface area contributed by atoms with Gasteiger partial charge in [0.1, 0.15) is 17.6 Å². The summed E-state index contributed by atoms with van der Waals surface area (Å²) in [5, 5.41) is 1.26. The van der Waals surface area contributed by atoms with Crippen LogP contribution in [0.4, 0.5) is 18.9 Å². The van der Waals surface area contributed by atoms with Gasteiger partial charge >= 0.3 is 6.18 Å². The number of sulfonamides is 2. The zero-order valence-electron chi connectivity index (χ0n) is 39.4. The second-order valence-electron chi connectivity index (χ2n) is 20.7. The van der Waals surface area contributed by atoms with E-state index in [4.69, 9.17) is 14.5 Å². The number of hydrogen-bond acceptors (Lipinski definition) is 12. The summed E-state index contributed by atoms with van der Waals surface area (Å²) in [5.41, 5.74) is -3.05. The number of pyridine rings is 1. The fourth-order valence-electron chi connectivity index (χ4n) is 10.1. The van der Waals surface area contributed by atoms with Crippen molar-refractivity contribution in [3.05, 3.63) is 36.5 Å². The van der Waals surface area contributed by atoms with E-state index in [2.05, 4.69) is 4.72 Å². The predicted octanol–water partition coefficient (Wildman–Crippen LogP) is 6.20. The first-order chi connectivity index (χ1) is 31.2. The molecular formula is C47H64F3N5O10S2. The second kappa shape index (κ2) is 18.6. The molecule has 370 valence electrons. The van der Waals surface area contributed by atoms with Crippen molar-refractivity contribution in [3.8, 4) is 11.6 Å². The highest BCUT2D eigenvalue weighted by molar-refractivity contribution is 7.91. The lowest BCUT2D eigenvalue weighted by atomic mass is 9.78. The molecule has 1 N–H and O–H groups in total. The number of ether oxygens (including phenoxy) is 2. The summed E-state index contributed by atoms with van der Waals surface area (Å²) in [5.74, 6) is -3.88. The van der Waals surface area contributed by atoms with Crippen LogP contribution in [-0.4, -0.2) is 124 Å². The first kappa shape index (κ1) is 50.6. The average molecular weight is 980 g/mol. The number of nitrogens with zero attached hydrogens (tertiary/aromatic N) is 4. The van der Waals surface area contributed by atoms with E-state index in [0.717, 1.165) is 13.8 Å². The quantitative estimate of drug-likeness (QED) is 0.238. The molecular weight excluding hydrogens is 916 g/mol. The monoisotopic (exact) mass is 979 g/mol. The van der Waals surface area contributed by atoms with Gasteiger partial charge in [-0.3, -0.25) is 23.9 Å². The molecule has 2 aliphatic carbocycles. The van der Waals surface area contributed by atoms with E-state index in [0.29, 0.717) is 67.4 Å². The number of ketones is 2. The smallest absolute Gasteiger partial charge is 0.394 e. The van der Waals surface area contributed by atoms with Crippen LogP contribution in [0.3, 0.4) is 0 Å². The lowest BCUT2D eigenvalue weighted by Gasteiger charge is -2.35. The molecule has 0 spiro atoms. The molecule has 1 aromatic heterocycles. The molecule has 4 fully saturated rings. The standard InChI is InChI=1S/C47H64F3N5O10S2/c1-29-10-8-9-11-31-24-46(31,43(59)52-67(62,63)45(5)14-15-45)26-40(57)38-23-34(28-55(38)42(58)36(30(2)20-29)21-32(56)25-44(3,4)47(48,49)50)65-41-35-13-12-33(64-6)22-37(35)39(27-51-41)53-16-18-54(19-17-53)66(7,60)61/h9,11-13,22,27,29-31,34,36,38H,8,10,14-21,23-26,28H2,1-7H3,(H,52,59)/b11-9-/t29-,30-,31-,34-,36+,38+,46-/m1/s1. The van der Waals surface area contributed by atoms with Crippen molar-refractivity contribution in [3.63, 3.8) is 0 Å². The Morgan fingerprint density at radius 3 is 2.31 bits per heavy atom. The highest BCUT2D eigenvalue weighted by Gasteiger charge is 2.63. The number of nitrogens with one attached hydrogen (secondary N) is 1. The number of halogens is 3. The van der Waals surface area contributed by atoms with Crippen molar-refractivity contribution < 1.29 is 58.7 Å². The number of rotatable bonds is 12.